The zero-order valence-electron chi connectivity index (χ0n) is 12.3. The molecule has 1 N–H and O–H groups in total. The number of carboxylic acids is 1. The minimum absolute atomic E-state index is 0.0115. The van der Waals surface area contributed by atoms with Gasteiger partial charge < -0.3 is 14.7 Å². The van der Waals surface area contributed by atoms with Gasteiger partial charge in [-0.1, -0.05) is 0 Å². The minimum atomic E-state index is -3.05. The number of amides is 1. The van der Waals surface area contributed by atoms with Gasteiger partial charge in [0.25, 0.3) is 0 Å². The highest BCUT2D eigenvalue weighted by atomic mass is 32.2. The van der Waals surface area contributed by atoms with Crippen molar-refractivity contribution in [3.05, 3.63) is 0 Å². The average molecular weight is 321 g/mol. The van der Waals surface area contributed by atoms with Gasteiger partial charge in [-0.3, -0.25) is 9.59 Å². The van der Waals surface area contributed by atoms with Crippen molar-refractivity contribution in [1.29, 1.82) is 0 Å². The summed E-state index contributed by atoms with van der Waals surface area (Å²) in [5.41, 5.74) is 0. The number of sulfone groups is 1. The molecule has 122 valence electrons. The summed E-state index contributed by atoms with van der Waals surface area (Å²) < 4.78 is 28.1. The Bertz CT molecular complexity index is 461. The molecule has 1 heterocycles. The Labute approximate surface area is 125 Å². The summed E-state index contributed by atoms with van der Waals surface area (Å²) in [7, 11) is -1.52. The van der Waals surface area contributed by atoms with E-state index in [2.05, 4.69) is 0 Å². The van der Waals surface area contributed by atoms with Gasteiger partial charge in [-0.2, -0.15) is 0 Å². The summed E-state index contributed by atoms with van der Waals surface area (Å²) in [6.07, 6.45) is 1.69. The lowest BCUT2D eigenvalue weighted by molar-refractivity contribution is -0.138. The number of carbonyl (C=O) groups is 2. The number of rotatable bonds is 9. The van der Waals surface area contributed by atoms with Crippen molar-refractivity contribution in [3.63, 3.8) is 0 Å². The third-order valence-electron chi connectivity index (χ3n) is 3.54. The SMILES string of the molecule is COCCN(C(=O)CCCCC(=O)O)C1CCS(=O)(=O)C1. The Morgan fingerprint density at radius 1 is 1.29 bits per heavy atom. The standard InChI is InChI=1S/C13H23NO6S/c1-20-8-7-14(11-6-9-21(18,19)10-11)12(15)4-2-3-5-13(16)17/h11H,2-10H2,1H3,(H,16,17). The first kappa shape index (κ1) is 17.9. The molecular formula is C13H23NO6S. The maximum Gasteiger partial charge on any atom is 0.303 e. The normalized spacial score (nSPS) is 20.3. The number of aliphatic carboxylic acids is 1. The fourth-order valence-corrected chi connectivity index (χ4v) is 4.15. The van der Waals surface area contributed by atoms with E-state index in [1.54, 1.807) is 4.90 Å². The molecule has 7 nitrogen and oxygen atoms in total. The van der Waals surface area contributed by atoms with E-state index in [-0.39, 0.29) is 36.3 Å². The van der Waals surface area contributed by atoms with Crippen LogP contribution in [0.15, 0.2) is 0 Å². The minimum Gasteiger partial charge on any atom is -0.481 e. The number of hydrogen-bond donors (Lipinski definition) is 1. The first-order chi connectivity index (χ1) is 9.85. The molecule has 1 aliphatic rings. The van der Waals surface area contributed by atoms with Crippen molar-refractivity contribution in [2.45, 2.75) is 38.1 Å². The largest absolute Gasteiger partial charge is 0.481 e. The van der Waals surface area contributed by atoms with Crippen LogP contribution in [0.3, 0.4) is 0 Å². The lowest BCUT2D eigenvalue weighted by Crippen LogP contribution is -2.43. The summed E-state index contributed by atoms with van der Waals surface area (Å²) in [6.45, 7) is 0.728. The van der Waals surface area contributed by atoms with Crippen LogP contribution in [0.5, 0.6) is 0 Å². The molecular weight excluding hydrogens is 298 g/mol. The van der Waals surface area contributed by atoms with Crippen molar-refractivity contribution < 1.29 is 27.9 Å². The second-order valence-electron chi connectivity index (χ2n) is 5.24. The van der Waals surface area contributed by atoms with Crippen molar-refractivity contribution >= 4 is 21.7 Å². The molecule has 0 aromatic rings. The lowest BCUT2D eigenvalue weighted by atomic mass is 10.1. The Balaban J connectivity index is 2.52. The number of unbranched alkanes of at least 4 members (excludes halogenated alkanes) is 1. The van der Waals surface area contributed by atoms with E-state index in [0.717, 1.165) is 0 Å². The van der Waals surface area contributed by atoms with E-state index < -0.39 is 15.8 Å². The van der Waals surface area contributed by atoms with Crippen LogP contribution in [0.25, 0.3) is 0 Å². The third-order valence-corrected chi connectivity index (χ3v) is 5.29. The highest BCUT2D eigenvalue weighted by molar-refractivity contribution is 7.91. The smallest absolute Gasteiger partial charge is 0.303 e. The molecule has 21 heavy (non-hydrogen) atoms. The molecule has 8 heteroatoms. The van der Waals surface area contributed by atoms with Crippen LogP contribution in [-0.2, 0) is 24.2 Å². The number of hydrogen-bond acceptors (Lipinski definition) is 5. The molecule has 1 unspecified atom stereocenters. The number of ether oxygens (including phenoxy) is 1. The quantitative estimate of drug-likeness (QED) is 0.613. The van der Waals surface area contributed by atoms with Crippen LogP contribution in [0.1, 0.15) is 32.1 Å². The second-order valence-corrected chi connectivity index (χ2v) is 7.47. The van der Waals surface area contributed by atoms with Gasteiger partial charge in [0, 0.05) is 32.5 Å². The van der Waals surface area contributed by atoms with E-state index >= 15 is 0 Å². The van der Waals surface area contributed by atoms with Gasteiger partial charge >= 0.3 is 5.97 Å². The van der Waals surface area contributed by atoms with Gasteiger partial charge in [-0.15, -0.1) is 0 Å². The van der Waals surface area contributed by atoms with E-state index in [1.807, 2.05) is 0 Å². The number of nitrogens with zero attached hydrogens (tertiary/aromatic N) is 1. The van der Waals surface area contributed by atoms with Gasteiger partial charge in [0.05, 0.1) is 18.1 Å². The Hall–Kier alpha value is -1.15. The monoisotopic (exact) mass is 321 g/mol. The molecule has 1 saturated heterocycles. The average Bonchev–Trinajstić information content (AvgIpc) is 2.75. The zero-order chi connectivity index (χ0) is 15.9. The highest BCUT2D eigenvalue weighted by Gasteiger charge is 2.34. The Kier molecular flexibility index (Phi) is 7.10. The number of methoxy groups -OCH3 is 1. The van der Waals surface area contributed by atoms with Gasteiger partial charge in [0.1, 0.15) is 0 Å². The van der Waals surface area contributed by atoms with E-state index in [1.165, 1.54) is 7.11 Å². The summed E-state index contributed by atoms with van der Waals surface area (Å²) in [5.74, 6) is -0.870. The molecule has 1 fully saturated rings. The van der Waals surface area contributed by atoms with Crippen LogP contribution >= 0.6 is 0 Å². The van der Waals surface area contributed by atoms with Crippen LogP contribution in [0, 0.1) is 0 Å². The Morgan fingerprint density at radius 3 is 2.48 bits per heavy atom. The molecule has 0 aromatic heterocycles. The fraction of sp³-hybridized carbons (Fsp3) is 0.846. The van der Waals surface area contributed by atoms with E-state index in [4.69, 9.17) is 9.84 Å². The second kappa shape index (κ2) is 8.33. The molecule has 1 aliphatic heterocycles. The van der Waals surface area contributed by atoms with Crippen LogP contribution < -0.4 is 0 Å². The highest BCUT2D eigenvalue weighted by Crippen LogP contribution is 2.19. The maximum absolute atomic E-state index is 12.2. The van der Waals surface area contributed by atoms with Gasteiger partial charge in [0.15, 0.2) is 9.84 Å². The summed E-state index contributed by atoms with van der Waals surface area (Å²) in [5, 5.41) is 8.56. The first-order valence-corrected chi connectivity index (χ1v) is 8.88. The number of carbonyl (C=O) groups excluding carboxylic acids is 1. The molecule has 1 rings (SSSR count). The van der Waals surface area contributed by atoms with Crippen molar-refractivity contribution in [2.24, 2.45) is 0 Å². The van der Waals surface area contributed by atoms with E-state index in [0.29, 0.717) is 32.4 Å². The Morgan fingerprint density at radius 2 is 1.95 bits per heavy atom. The first-order valence-electron chi connectivity index (χ1n) is 7.06. The maximum atomic E-state index is 12.2. The molecule has 0 aliphatic carbocycles. The molecule has 1 atom stereocenters. The topological polar surface area (TPSA) is 101 Å². The fourth-order valence-electron chi connectivity index (χ4n) is 2.42. The molecule has 1 amide bonds. The van der Waals surface area contributed by atoms with Crippen LogP contribution in [-0.4, -0.2) is 68.1 Å². The lowest BCUT2D eigenvalue weighted by Gasteiger charge is -2.28. The molecule has 0 saturated carbocycles. The van der Waals surface area contributed by atoms with Crippen LogP contribution in [0.2, 0.25) is 0 Å². The van der Waals surface area contributed by atoms with E-state index in [9.17, 15) is 18.0 Å². The zero-order valence-corrected chi connectivity index (χ0v) is 13.1. The van der Waals surface area contributed by atoms with Crippen LogP contribution in [0.4, 0.5) is 0 Å². The van der Waals surface area contributed by atoms with Crippen molar-refractivity contribution in [3.8, 4) is 0 Å². The molecule has 0 bridgehead atoms. The third kappa shape index (κ3) is 6.43. The van der Waals surface area contributed by atoms with Crippen molar-refractivity contribution in [1.82, 2.24) is 4.90 Å². The predicted molar refractivity (Wildman–Crippen MR) is 76.8 cm³/mol. The van der Waals surface area contributed by atoms with Gasteiger partial charge in [0.2, 0.25) is 5.91 Å². The molecule has 0 radical (unpaired) electrons. The van der Waals surface area contributed by atoms with Gasteiger partial charge in [-0.05, 0) is 19.3 Å². The summed E-state index contributed by atoms with van der Waals surface area (Å²) >= 11 is 0. The van der Waals surface area contributed by atoms with Gasteiger partial charge in [-0.25, -0.2) is 8.42 Å². The summed E-state index contributed by atoms with van der Waals surface area (Å²) in [4.78, 5) is 24.2. The molecule has 0 spiro atoms. The number of carboxylic acid groups (broad SMARTS) is 1. The summed E-state index contributed by atoms with van der Waals surface area (Å²) in [6, 6.07) is -0.280. The molecule has 0 aromatic carbocycles. The predicted octanol–water partition coefficient (Wildman–Crippen LogP) is 0.294. The van der Waals surface area contributed by atoms with Crippen molar-refractivity contribution in [2.75, 3.05) is 31.8 Å².